The molecule has 5 heteroatoms. The van der Waals surface area contributed by atoms with Crippen molar-refractivity contribution < 1.29 is 18.3 Å². The van der Waals surface area contributed by atoms with E-state index in [9.17, 15) is 18.3 Å². The first-order valence-electron chi connectivity index (χ1n) is 7.99. The highest BCUT2D eigenvalue weighted by atomic mass is 19.4. The maximum absolute atomic E-state index is 12.5. The molecule has 1 saturated carbocycles. The molecule has 2 nitrogen and oxygen atoms in total. The average Bonchev–Trinajstić information content (AvgIpc) is 2.90. The molecule has 3 rings (SSSR count). The van der Waals surface area contributed by atoms with E-state index in [-0.39, 0.29) is 5.56 Å². The van der Waals surface area contributed by atoms with Crippen LogP contribution in [0.15, 0.2) is 24.3 Å². The first kappa shape index (κ1) is 15.7. The van der Waals surface area contributed by atoms with Crippen LogP contribution in [0.3, 0.4) is 0 Å². The van der Waals surface area contributed by atoms with Gasteiger partial charge in [0, 0.05) is 18.8 Å². The van der Waals surface area contributed by atoms with Gasteiger partial charge in [0.1, 0.15) is 0 Å². The van der Waals surface area contributed by atoms with Crippen LogP contribution >= 0.6 is 0 Å². The molecule has 1 aromatic rings. The molecule has 1 heterocycles. The zero-order valence-electron chi connectivity index (χ0n) is 12.6. The lowest BCUT2D eigenvalue weighted by molar-refractivity contribution is -0.206. The predicted molar refractivity (Wildman–Crippen MR) is 79.8 cm³/mol. The molecule has 2 fully saturated rings. The molecular weight excluding hydrogens is 291 g/mol. The molecule has 1 spiro atoms. The normalized spacial score (nSPS) is 23.0. The summed E-state index contributed by atoms with van der Waals surface area (Å²) in [5, 5.41) is 9.27. The molecule has 1 aliphatic carbocycles. The first-order valence-corrected chi connectivity index (χ1v) is 7.99. The zero-order valence-corrected chi connectivity index (χ0v) is 12.6. The fraction of sp³-hybridized carbons (Fsp3) is 0.647. The van der Waals surface area contributed by atoms with E-state index in [4.69, 9.17) is 0 Å². The Morgan fingerprint density at radius 2 is 1.64 bits per heavy atom. The second kappa shape index (κ2) is 5.76. The highest BCUT2D eigenvalue weighted by Crippen LogP contribution is 2.45. The van der Waals surface area contributed by atoms with E-state index in [1.54, 1.807) is 12.1 Å². The lowest BCUT2D eigenvalue weighted by Crippen LogP contribution is -2.29. The number of rotatable bonds is 2. The van der Waals surface area contributed by atoms with Gasteiger partial charge in [-0.15, -0.1) is 0 Å². The van der Waals surface area contributed by atoms with Gasteiger partial charge < -0.3 is 10.0 Å². The maximum atomic E-state index is 12.5. The molecule has 0 unspecified atom stereocenters. The van der Waals surface area contributed by atoms with Gasteiger partial charge in [0.2, 0.25) is 0 Å². The molecule has 1 atom stereocenters. The Morgan fingerprint density at radius 3 is 2.23 bits per heavy atom. The lowest BCUT2D eigenvalue weighted by atomic mass is 9.73. The average molecular weight is 313 g/mol. The summed E-state index contributed by atoms with van der Waals surface area (Å²) in [7, 11) is 0. The maximum Gasteiger partial charge on any atom is 0.418 e. The van der Waals surface area contributed by atoms with Crippen LogP contribution in [0, 0.1) is 5.41 Å². The van der Waals surface area contributed by atoms with Crippen molar-refractivity contribution >= 4 is 5.69 Å². The number of hydrogen-bond donors (Lipinski definition) is 1. The van der Waals surface area contributed by atoms with E-state index in [0.29, 0.717) is 5.41 Å². The number of nitrogens with zero attached hydrogens (tertiary/aromatic N) is 1. The largest absolute Gasteiger partial charge is 0.418 e. The Balaban J connectivity index is 1.69. The molecule has 0 amide bonds. The van der Waals surface area contributed by atoms with E-state index >= 15 is 0 Å². The molecule has 1 aromatic carbocycles. The van der Waals surface area contributed by atoms with Crippen LogP contribution < -0.4 is 4.90 Å². The van der Waals surface area contributed by atoms with Crippen LogP contribution in [0.4, 0.5) is 18.9 Å². The molecule has 1 N–H and O–H groups in total. The topological polar surface area (TPSA) is 23.5 Å². The van der Waals surface area contributed by atoms with Crippen molar-refractivity contribution in [1.29, 1.82) is 0 Å². The third-order valence-corrected chi connectivity index (χ3v) is 5.24. The summed E-state index contributed by atoms with van der Waals surface area (Å²) >= 11 is 0. The van der Waals surface area contributed by atoms with E-state index in [0.717, 1.165) is 18.8 Å². The minimum Gasteiger partial charge on any atom is -0.379 e. The van der Waals surface area contributed by atoms with E-state index < -0.39 is 12.3 Å². The predicted octanol–water partition coefficient (Wildman–Crippen LogP) is 4.44. The Bertz CT molecular complexity index is 506. The highest BCUT2D eigenvalue weighted by molar-refractivity contribution is 5.49. The SMILES string of the molecule is O[C@H](c1ccc(N2CCC3(CCCCC3)C2)cc1)C(F)(F)F. The zero-order chi connectivity index (χ0) is 15.8. The van der Waals surface area contributed by atoms with Gasteiger partial charge in [-0.05, 0) is 42.4 Å². The summed E-state index contributed by atoms with van der Waals surface area (Å²) in [4.78, 5) is 2.27. The van der Waals surface area contributed by atoms with E-state index in [1.165, 1.54) is 50.7 Å². The molecule has 122 valence electrons. The summed E-state index contributed by atoms with van der Waals surface area (Å²) in [5.41, 5.74) is 1.28. The number of hydrogen-bond acceptors (Lipinski definition) is 2. The number of aliphatic hydroxyl groups is 1. The summed E-state index contributed by atoms with van der Waals surface area (Å²) in [5.74, 6) is 0. The van der Waals surface area contributed by atoms with Crippen LogP contribution in [0.25, 0.3) is 0 Å². The fourth-order valence-corrected chi connectivity index (χ4v) is 3.92. The van der Waals surface area contributed by atoms with Crippen molar-refractivity contribution in [2.24, 2.45) is 5.41 Å². The van der Waals surface area contributed by atoms with Crippen LogP contribution in [-0.2, 0) is 0 Å². The third-order valence-electron chi connectivity index (χ3n) is 5.24. The Hall–Kier alpha value is -1.23. The molecular formula is C17H22F3NO. The van der Waals surface area contributed by atoms with Gasteiger partial charge in [-0.2, -0.15) is 13.2 Å². The monoisotopic (exact) mass is 313 g/mol. The number of halogens is 3. The quantitative estimate of drug-likeness (QED) is 0.872. The smallest absolute Gasteiger partial charge is 0.379 e. The molecule has 0 radical (unpaired) electrons. The van der Waals surface area contributed by atoms with Crippen molar-refractivity contribution in [3.63, 3.8) is 0 Å². The van der Waals surface area contributed by atoms with Gasteiger partial charge in [0.15, 0.2) is 6.10 Å². The van der Waals surface area contributed by atoms with Crippen molar-refractivity contribution in [3.8, 4) is 0 Å². The third kappa shape index (κ3) is 3.09. The summed E-state index contributed by atoms with van der Waals surface area (Å²) in [6.45, 7) is 1.98. The summed E-state index contributed by atoms with van der Waals surface area (Å²) in [6, 6.07) is 6.18. The van der Waals surface area contributed by atoms with Crippen LogP contribution in [-0.4, -0.2) is 24.4 Å². The van der Waals surface area contributed by atoms with Gasteiger partial charge in [0.05, 0.1) is 0 Å². The Labute approximate surface area is 128 Å². The molecule has 2 aliphatic rings. The van der Waals surface area contributed by atoms with Crippen LogP contribution in [0.2, 0.25) is 0 Å². The number of alkyl halides is 3. The van der Waals surface area contributed by atoms with Crippen LogP contribution in [0.1, 0.15) is 50.2 Å². The molecule has 1 saturated heterocycles. The van der Waals surface area contributed by atoms with Crippen molar-refractivity contribution in [3.05, 3.63) is 29.8 Å². The van der Waals surface area contributed by atoms with Gasteiger partial charge in [-0.3, -0.25) is 0 Å². The lowest BCUT2D eigenvalue weighted by Gasteiger charge is -2.33. The van der Waals surface area contributed by atoms with Crippen molar-refractivity contribution in [2.75, 3.05) is 18.0 Å². The number of aliphatic hydroxyl groups excluding tert-OH is 1. The standard InChI is InChI=1S/C17H22F3NO/c18-17(19,20)15(22)13-4-6-14(7-5-13)21-11-10-16(12-21)8-2-1-3-9-16/h4-7,15,22H,1-3,8-12H2/t15-/m1/s1. The minimum absolute atomic E-state index is 0.0946. The molecule has 22 heavy (non-hydrogen) atoms. The molecule has 0 aromatic heterocycles. The van der Waals surface area contributed by atoms with Gasteiger partial charge in [0.25, 0.3) is 0 Å². The summed E-state index contributed by atoms with van der Waals surface area (Å²) < 4.78 is 37.5. The Kier molecular flexibility index (Phi) is 4.10. The number of benzene rings is 1. The van der Waals surface area contributed by atoms with Gasteiger partial charge in [-0.1, -0.05) is 31.4 Å². The summed E-state index contributed by atoms with van der Waals surface area (Å²) in [6.07, 6.45) is 0.634. The minimum atomic E-state index is -4.61. The van der Waals surface area contributed by atoms with Crippen molar-refractivity contribution in [2.45, 2.75) is 50.8 Å². The Morgan fingerprint density at radius 1 is 1.00 bits per heavy atom. The molecule has 1 aliphatic heterocycles. The van der Waals surface area contributed by atoms with Crippen molar-refractivity contribution in [1.82, 2.24) is 0 Å². The fourth-order valence-electron chi connectivity index (χ4n) is 3.92. The second-order valence-electron chi connectivity index (χ2n) is 6.77. The van der Waals surface area contributed by atoms with E-state index in [2.05, 4.69) is 4.90 Å². The molecule has 0 bridgehead atoms. The first-order chi connectivity index (χ1) is 10.4. The number of anilines is 1. The highest BCUT2D eigenvalue weighted by Gasteiger charge is 2.40. The van der Waals surface area contributed by atoms with Crippen LogP contribution in [0.5, 0.6) is 0 Å². The van der Waals surface area contributed by atoms with E-state index in [1.807, 2.05) is 0 Å². The van der Waals surface area contributed by atoms with Gasteiger partial charge in [-0.25, -0.2) is 0 Å². The second-order valence-corrected chi connectivity index (χ2v) is 6.77. The van der Waals surface area contributed by atoms with Gasteiger partial charge >= 0.3 is 6.18 Å².